The largest absolute Gasteiger partial charge is 0.443 e. The molecule has 29 heavy (non-hydrogen) atoms. The SMILES string of the molecule is CC(C)(C)OC(=O)NN(C(=O)OC(C)(C)C)c1cccc(CN2CCOCC2)c1. The lowest BCUT2D eigenvalue weighted by Crippen LogP contribution is -2.50. The fraction of sp³-hybridized carbons (Fsp3) is 0.619. The molecule has 1 saturated heterocycles. The van der Waals surface area contributed by atoms with E-state index in [1.54, 1.807) is 47.6 Å². The van der Waals surface area contributed by atoms with Crippen LogP contribution in [0.4, 0.5) is 15.3 Å². The van der Waals surface area contributed by atoms with E-state index >= 15 is 0 Å². The lowest BCUT2D eigenvalue weighted by Gasteiger charge is -2.29. The Hall–Kier alpha value is -2.32. The van der Waals surface area contributed by atoms with Crippen molar-refractivity contribution < 1.29 is 23.8 Å². The number of amides is 2. The van der Waals surface area contributed by atoms with Gasteiger partial charge in [-0.25, -0.2) is 15.0 Å². The molecule has 1 N–H and O–H groups in total. The molecule has 8 nitrogen and oxygen atoms in total. The van der Waals surface area contributed by atoms with E-state index in [4.69, 9.17) is 14.2 Å². The fourth-order valence-electron chi connectivity index (χ4n) is 2.73. The van der Waals surface area contributed by atoms with Gasteiger partial charge in [-0.15, -0.1) is 0 Å². The number of hydrogen-bond acceptors (Lipinski definition) is 6. The number of nitrogens with zero attached hydrogens (tertiary/aromatic N) is 2. The lowest BCUT2D eigenvalue weighted by molar-refractivity contribution is 0.0341. The molecule has 162 valence electrons. The molecule has 0 radical (unpaired) electrons. The standard InChI is InChI=1S/C21H33N3O5/c1-20(2,3)28-18(25)22-24(19(26)29-21(4,5)6)17-9-7-8-16(14-17)15-23-10-12-27-13-11-23/h7-9,14H,10-13,15H2,1-6H3,(H,22,25). The predicted octanol–water partition coefficient (Wildman–Crippen LogP) is 3.70. The van der Waals surface area contributed by atoms with Crippen LogP contribution >= 0.6 is 0 Å². The maximum atomic E-state index is 12.8. The molecule has 0 atom stereocenters. The Kier molecular flexibility index (Phi) is 7.48. The van der Waals surface area contributed by atoms with Gasteiger partial charge in [0, 0.05) is 19.6 Å². The molecule has 0 spiro atoms. The highest BCUT2D eigenvalue weighted by molar-refractivity contribution is 5.90. The van der Waals surface area contributed by atoms with E-state index in [0.29, 0.717) is 18.9 Å². The molecule has 1 heterocycles. The number of hydrazine groups is 1. The molecule has 0 aromatic heterocycles. The van der Waals surface area contributed by atoms with Crippen LogP contribution in [0.15, 0.2) is 24.3 Å². The average Bonchev–Trinajstić information content (AvgIpc) is 2.58. The van der Waals surface area contributed by atoms with Crippen LogP contribution in [0, 0.1) is 0 Å². The summed E-state index contributed by atoms with van der Waals surface area (Å²) in [5, 5.41) is 1.09. The molecule has 0 bridgehead atoms. The first-order valence-electron chi connectivity index (χ1n) is 9.85. The topological polar surface area (TPSA) is 80.3 Å². The molecule has 1 aromatic rings. The Morgan fingerprint density at radius 2 is 1.69 bits per heavy atom. The van der Waals surface area contributed by atoms with E-state index in [2.05, 4.69) is 10.3 Å². The Labute approximate surface area is 173 Å². The third-order valence-electron chi connectivity index (χ3n) is 3.86. The number of carbonyl (C=O) groups excluding carboxylic acids is 2. The highest BCUT2D eigenvalue weighted by Crippen LogP contribution is 2.20. The maximum Gasteiger partial charge on any atom is 0.434 e. The lowest BCUT2D eigenvalue weighted by atomic mass is 10.1. The number of rotatable bonds is 3. The van der Waals surface area contributed by atoms with Crippen molar-refractivity contribution >= 4 is 17.9 Å². The Balaban J connectivity index is 2.21. The van der Waals surface area contributed by atoms with Gasteiger partial charge in [0.2, 0.25) is 0 Å². The molecule has 8 heteroatoms. The third kappa shape index (κ3) is 8.29. The molecule has 1 fully saturated rings. The minimum Gasteiger partial charge on any atom is -0.443 e. The summed E-state index contributed by atoms with van der Waals surface area (Å²) >= 11 is 0. The van der Waals surface area contributed by atoms with Gasteiger partial charge < -0.3 is 14.2 Å². The number of anilines is 1. The zero-order chi connectivity index (χ0) is 21.7. The molecule has 2 rings (SSSR count). The molecule has 1 aliphatic rings. The molecular formula is C21H33N3O5. The average molecular weight is 408 g/mol. The van der Waals surface area contributed by atoms with Crippen molar-refractivity contribution in [3.8, 4) is 0 Å². The summed E-state index contributed by atoms with van der Waals surface area (Å²) in [5.41, 5.74) is 2.62. The second-order valence-electron chi connectivity index (χ2n) is 8.99. The summed E-state index contributed by atoms with van der Waals surface area (Å²) in [6.07, 6.45) is -1.42. The van der Waals surface area contributed by atoms with Crippen molar-refractivity contribution in [1.82, 2.24) is 10.3 Å². The van der Waals surface area contributed by atoms with E-state index in [1.165, 1.54) is 0 Å². The van der Waals surface area contributed by atoms with Gasteiger partial charge in [0.25, 0.3) is 0 Å². The number of nitrogens with one attached hydrogen (secondary N) is 1. The van der Waals surface area contributed by atoms with Crippen LogP contribution < -0.4 is 10.4 Å². The monoisotopic (exact) mass is 407 g/mol. The van der Waals surface area contributed by atoms with Crippen LogP contribution in [-0.4, -0.2) is 54.6 Å². The summed E-state index contributed by atoms with van der Waals surface area (Å²) in [7, 11) is 0. The van der Waals surface area contributed by atoms with Crippen molar-refractivity contribution in [1.29, 1.82) is 0 Å². The number of hydrogen-bond donors (Lipinski definition) is 1. The van der Waals surface area contributed by atoms with E-state index < -0.39 is 23.4 Å². The molecule has 2 amide bonds. The van der Waals surface area contributed by atoms with Crippen molar-refractivity contribution in [2.24, 2.45) is 0 Å². The van der Waals surface area contributed by atoms with Crippen LogP contribution in [0.2, 0.25) is 0 Å². The second-order valence-corrected chi connectivity index (χ2v) is 8.99. The Morgan fingerprint density at radius 3 is 2.28 bits per heavy atom. The van der Waals surface area contributed by atoms with Gasteiger partial charge in [-0.2, -0.15) is 5.01 Å². The van der Waals surface area contributed by atoms with E-state index in [9.17, 15) is 9.59 Å². The molecule has 1 aromatic carbocycles. The van der Waals surface area contributed by atoms with E-state index in [-0.39, 0.29) is 0 Å². The normalized spacial score (nSPS) is 15.5. The molecule has 0 saturated carbocycles. The smallest absolute Gasteiger partial charge is 0.434 e. The minimum absolute atomic E-state index is 0.496. The second kappa shape index (κ2) is 9.45. The molecule has 0 aliphatic carbocycles. The first kappa shape index (κ1) is 23.0. The zero-order valence-corrected chi connectivity index (χ0v) is 18.3. The van der Waals surface area contributed by atoms with Crippen molar-refractivity contribution in [2.75, 3.05) is 31.3 Å². The Morgan fingerprint density at radius 1 is 1.07 bits per heavy atom. The highest BCUT2D eigenvalue weighted by atomic mass is 16.6. The number of carbonyl (C=O) groups is 2. The van der Waals surface area contributed by atoms with Crippen LogP contribution in [0.1, 0.15) is 47.1 Å². The first-order chi connectivity index (χ1) is 13.4. The summed E-state index contributed by atoms with van der Waals surface area (Å²) < 4.78 is 16.2. The van der Waals surface area contributed by atoms with Gasteiger partial charge in [0.15, 0.2) is 0 Å². The van der Waals surface area contributed by atoms with Crippen LogP contribution in [-0.2, 0) is 20.8 Å². The van der Waals surface area contributed by atoms with Gasteiger partial charge in [-0.3, -0.25) is 4.90 Å². The van der Waals surface area contributed by atoms with Crippen LogP contribution in [0.3, 0.4) is 0 Å². The van der Waals surface area contributed by atoms with Crippen molar-refractivity contribution in [3.63, 3.8) is 0 Å². The Bertz CT molecular complexity index is 703. The number of ether oxygens (including phenoxy) is 3. The van der Waals surface area contributed by atoms with Crippen LogP contribution in [0.25, 0.3) is 0 Å². The predicted molar refractivity (Wildman–Crippen MR) is 111 cm³/mol. The van der Waals surface area contributed by atoms with E-state index in [0.717, 1.165) is 30.2 Å². The van der Waals surface area contributed by atoms with Gasteiger partial charge in [0.1, 0.15) is 11.2 Å². The molecule has 0 unspecified atom stereocenters. The van der Waals surface area contributed by atoms with Gasteiger partial charge in [0.05, 0.1) is 18.9 Å². The summed E-state index contributed by atoms with van der Waals surface area (Å²) in [6, 6.07) is 7.43. The van der Waals surface area contributed by atoms with Gasteiger partial charge in [-0.05, 0) is 59.2 Å². The maximum absolute atomic E-state index is 12.8. The quantitative estimate of drug-likeness (QED) is 0.770. The highest BCUT2D eigenvalue weighted by Gasteiger charge is 2.27. The van der Waals surface area contributed by atoms with Gasteiger partial charge >= 0.3 is 12.2 Å². The van der Waals surface area contributed by atoms with Crippen molar-refractivity contribution in [2.45, 2.75) is 59.3 Å². The summed E-state index contributed by atoms with van der Waals surface area (Å²) in [4.78, 5) is 27.4. The van der Waals surface area contributed by atoms with Crippen molar-refractivity contribution in [3.05, 3.63) is 29.8 Å². The third-order valence-corrected chi connectivity index (χ3v) is 3.86. The molecule has 1 aliphatic heterocycles. The number of benzene rings is 1. The van der Waals surface area contributed by atoms with Crippen LogP contribution in [0.5, 0.6) is 0 Å². The number of morpholine rings is 1. The van der Waals surface area contributed by atoms with E-state index in [1.807, 2.05) is 18.2 Å². The first-order valence-corrected chi connectivity index (χ1v) is 9.85. The zero-order valence-electron chi connectivity index (χ0n) is 18.3. The molecular weight excluding hydrogens is 374 g/mol. The minimum atomic E-state index is -0.734. The summed E-state index contributed by atoms with van der Waals surface area (Å²) in [5.74, 6) is 0. The van der Waals surface area contributed by atoms with Gasteiger partial charge in [-0.1, -0.05) is 12.1 Å². The summed E-state index contributed by atoms with van der Waals surface area (Å²) in [6.45, 7) is 14.4. The fourth-order valence-corrected chi connectivity index (χ4v) is 2.73.